The largest absolute Gasteiger partial charge is 0.454 e. The maximum absolute atomic E-state index is 12.3. The van der Waals surface area contributed by atoms with Crippen LogP contribution in [0.15, 0.2) is 24.3 Å². The zero-order chi connectivity index (χ0) is 20.2. The van der Waals surface area contributed by atoms with Crippen LogP contribution >= 0.6 is 23.4 Å². The monoisotopic (exact) mass is 411 g/mol. The molecule has 0 aliphatic heterocycles. The predicted molar refractivity (Wildman–Crippen MR) is 105 cm³/mol. The number of amides is 2. The summed E-state index contributed by atoms with van der Waals surface area (Å²) in [5.41, 5.74) is 0.369. The lowest BCUT2D eigenvalue weighted by Gasteiger charge is -2.19. The van der Waals surface area contributed by atoms with Gasteiger partial charge in [-0.2, -0.15) is 17.0 Å². The number of nitrogens with zero attached hydrogens (tertiary/aromatic N) is 2. The van der Waals surface area contributed by atoms with E-state index in [0.717, 1.165) is 0 Å². The third kappa shape index (κ3) is 8.33. The molecule has 0 aliphatic rings. The molecular weight excluding hydrogens is 390 g/mol. The van der Waals surface area contributed by atoms with E-state index in [1.165, 1.54) is 23.7 Å². The van der Waals surface area contributed by atoms with E-state index >= 15 is 0 Å². The average Bonchev–Trinajstić information content (AvgIpc) is 2.67. The normalized spacial score (nSPS) is 11.2. The molecule has 0 saturated heterocycles. The molecule has 0 radical (unpaired) electrons. The molecule has 0 aliphatic carbocycles. The topological polar surface area (TPSA) is 99.5 Å². The minimum absolute atomic E-state index is 0.198. The van der Waals surface area contributed by atoms with Crippen LogP contribution in [0.2, 0.25) is 5.02 Å². The lowest BCUT2D eigenvalue weighted by Crippen LogP contribution is -2.43. The minimum Gasteiger partial charge on any atom is -0.454 e. The molecule has 1 aromatic rings. The number of thioether (sulfide) groups is 1. The third-order valence-corrected chi connectivity index (χ3v) is 4.53. The van der Waals surface area contributed by atoms with Gasteiger partial charge < -0.3 is 15.0 Å². The van der Waals surface area contributed by atoms with Gasteiger partial charge in [0.2, 0.25) is 0 Å². The lowest BCUT2D eigenvalue weighted by atomic mass is 10.1. The van der Waals surface area contributed by atoms with E-state index in [0.29, 0.717) is 22.8 Å². The maximum Gasteiger partial charge on any atom is 0.329 e. The van der Waals surface area contributed by atoms with Crippen LogP contribution in [0.1, 0.15) is 23.2 Å². The van der Waals surface area contributed by atoms with Gasteiger partial charge in [-0.25, -0.2) is 4.79 Å². The van der Waals surface area contributed by atoms with E-state index in [1.807, 2.05) is 12.3 Å². The van der Waals surface area contributed by atoms with E-state index < -0.39 is 30.4 Å². The van der Waals surface area contributed by atoms with Gasteiger partial charge in [0.15, 0.2) is 6.61 Å². The highest BCUT2D eigenvalue weighted by Gasteiger charge is 2.24. The number of hydrogen-bond acceptors (Lipinski definition) is 6. The van der Waals surface area contributed by atoms with E-state index in [-0.39, 0.29) is 13.0 Å². The number of rotatable bonds is 10. The highest BCUT2D eigenvalue weighted by Crippen LogP contribution is 2.10. The summed E-state index contributed by atoms with van der Waals surface area (Å²) in [7, 11) is 1.53. The zero-order valence-electron chi connectivity index (χ0n) is 15.2. The van der Waals surface area contributed by atoms with Crippen LogP contribution in [0.4, 0.5) is 0 Å². The lowest BCUT2D eigenvalue weighted by molar-refractivity contribution is -0.153. The van der Waals surface area contributed by atoms with Gasteiger partial charge in [0, 0.05) is 24.2 Å². The molecular formula is C18H22ClN3O4S. The summed E-state index contributed by atoms with van der Waals surface area (Å²) in [4.78, 5) is 37.9. The fourth-order valence-corrected chi connectivity index (χ4v) is 2.61. The Balaban J connectivity index is 2.65. The SMILES string of the molecule is CSCC[C@@H](NC(=O)c1ccc(Cl)cc1)C(=O)OCC(=O)N(C)CCC#N. The first kappa shape index (κ1) is 22.8. The van der Waals surface area contributed by atoms with Gasteiger partial charge in [-0.1, -0.05) is 11.6 Å². The molecule has 0 spiro atoms. The van der Waals surface area contributed by atoms with Gasteiger partial charge in [0.1, 0.15) is 6.04 Å². The van der Waals surface area contributed by atoms with Crippen LogP contribution in [-0.4, -0.2) is 60.9 Å². The summed E-state index contributed by atoms with van der Waals surface area (Å²) < 4.78 is 5.06. The smallest absolute Gasteiger partial charge is 0.329 e. The average molecular weight is 412 g/mol. The fraction of sp³-hybridized carbons (Fsp3) is 0.444. The van der Waals surface area contributed by atoms with Crippen LogP contribution in [-0.2, 0) is 14.3 Å². The summed E-state index contributed by atoms with van der Waals surface area (Å²) in [5.74, 6) is -0.872. The van der Waals surface area contributed by atoms with E-state index in [2.05, 4.69) is 5.32 Å². The Bertz CT molecular complexity index is 691. The van der Waals surface area contributed by atoms with Crippen molar-refractivity contribution in [3.8, 4) is 6.07 Å². The Kier molecular flexibility index (Phi) is 10.3. The van der Waals surface area contributed by atoms with E-state index in [4.69, 9.17) is 21.6 Å². The first-order valence-corrected chi connectivity index (χ1v) is 9.99. The molecule has 1 rings (SSSR count). The zero-order valence-corrected chi connectivity index (χ0v) is 16.8. The van der Waals surface area contributed by atoms with Crippen LogP contribution in [0, 0.1) is 11.3 Å². The molecule has 1 atom stereocenters. The third-order valence-electron chi connectivity index (χ3n) is 3.63. The fourth-order valence-electron chi connectivity index (χ4n) is 2.01. The molecule has 7 nitrogen and oxygen atoms in total. The first-order chi connectivity index (χ1) is 12.9. The second-order valence-electron chi connectivity index (χ2n) is 5.65. The number of hydrogen-bond donors (Lipinski definition) is 1. The Morgan fingerprint density at radius 1 is 1.33 bits per heavy atom. The molecule has 0 bridgehead atoms. The van der Waals surface area contributed by atoms with Crippen molar-refractivity contribution in [3.63, 3.8) is 0 Å². The van der Waals surface area contributed by atoms with Gasteiger partial charge in [-0.3, -0.25) is 9.59 Å². The van der Waals surface area contributed by atoms with Crippen molar-refractivity contribution in [1.82, 2.24) is 10.2 Å². The van der Waals surface area contributed by atoms with Gasteiger partial charge in [0.05, 0.1) is 12.5 Å². The number of likely N-dealkylation sites (N-methyl/N-ethyl adjacent to an activating group) is 1. The number of benzene rings is 1. The van der Waals surface area contributed by atoms with Gasteiger partial charge in [0.25, 0.3) is 11.8 Å². The summed E-state index contributed by atoms with van der Waals surface area (Å²) in [5, 5.41) is 11.7. The molecule has 0 heterocycles. The summed E-state index contributed by atoms with van der Waals surface area (Å²) in [6, 6.07) is 7.36. The van der Waals surface area contributed by atoms with Crippen molar-refractivity contribution in [2.24, 2.45) is 0 Å². The summed E-state index contributed by atoms with van der Waals surface area (Å²) in [6.45, 7) is -0.177. The predicted octanol–water partition coefficient (Wildman–Crippen LogP) is 2.11. The molecule has 0 fully saturated rings. The Morgan fingerprint density at radius 2 is 2.00 bits per heavy atom. The summed E-state index contributed by atoms with van der Waals surface area (Å²) >= 11 is 7.34. The van der Waals surface area contributed by atoms with Gasteiger partial charge in [-0.05, 0) is 42.7 Å². The molecule has 27 heavy (non-hydrogen) atoms. The van der Waals surface area contributed by atoms with Crippen molar-refractivity contribution in [1.29, 1.82) is 5.26 Å². The molecule has 0 saturated carbocycles. The number of nitriles is 1. The molecule has 9 heteroatoms. The number of carbonyl (C=O) groups is 3. The number of ether oxygens (including phenoxy) is 1. The second kappa shape index (κ2) is 12.2. The molecule has 1 aromatic carbocycles. The molecule has 0 aromatic heterocycles. The summed E-state index contributed by atoms with van der Waals surface area (Å²) in [6.07, 6.45) is 2.46. The molecule has 0 unspecified atom stereocenters. The number of halogens is 1. The number of esters is 1. The second-order valence-corrected chi connectivity index (χ2v) is 7.07. The van der Waals surface area contributed by atoms with E-state index in [9.17, 15) is 14.4 Å². The highest BCUT2D eigenvalue weighted by atomic mass is 35.5. The number of carbonyl (C=O) groups excluding carboxylic acids is 3. The van der Waals surface area contributed by atoms with Crippen molar-refractivity contribution in [2.75, 3.05) is 32.2 Å². The van der Waals surface area contributed by atoms with Crippen LogP contribution in [0.25, 0.3) is 0 Å². The van der Waals surface area contributed by atoms with Crippen LogP contribution in [0.3, 0.4) is 0 Å². The molecule has 1 N–H and O–H groups in total. The number of nitrogens with one attached hydrogen (secondary N) is 1. The Labute approximate surface area is 168 Å². The standard InChI is InChI=1S/C18H22ClN3O4S/c1-22(10-3-9-20)16(23)12-26-18(25)15(8-11-27-2)21-17(24)13-4-6-14(19)7-5-13/h4-7,15H,3,8,10-12H2,1-2H3,(H,21,24)/t15-/m1/s1. The van der Waals surface area contributed by atoms with Gasteiger partial charge in [-0.15, -0.1) is 0 Å². The Morgan fingerprint density at radius 3 is 2.59 bits per heavy atom. The van der Waals surface area contributed by atoms with Crippen molar-refractivity contribution < 1.29 is 19.1 Å². The highest BCUT2D eigenvalue weighted by molar-refractivity contribution is 7.98. The van der Waals surface area contributed by atoms with Crippen molar-refractivity contribution in [2.45, 2.75) is 18.9 Å². The van der Waals surface area contributed by atoms with Crippen molar-refractivity contribution in [3.05, 3.63) is 34.9 Å². The quantitative estimate of drug-likeness (QED) is 0.592. The van der Waals surface area contributed by atoms with Gasteiger partial charge >= 0.3 is 5.97 Å². The first-order valence-electron chi connectivity index (χ1n) is 8.22. The van der Waals surface area contributed by atoms with E-state index in [1.54, 1.807) is 24.3 Å². The maximum atomic E-state index is 12.3. The Hall–Kier alpha value is -2.24. The molecule has 146 valence electrons. The van der Waals surface area contributed by atoms with Crippen molar-refractivity contribution >= 4 is 41.1 Å². The van der Waals surface area contributed by atoms with Crippen LogP contribution in [0.5, 0.6) is 0 Å². The molecule has 2 amide bonds. The minimum atomic E-state index is -0.863. The van der Waals surface area contributed by atoms with Crippen LogP contribution < -0.4 is 5.32 Å².